The van der Waals surface area contributed by atoms with Gasteiger partial charge in [-0.05, 0) is 66.9 Å². The number of benzene rings is 3. The second kappa shape index (κ2) is 10.5. The molecule has 1 aliphatic rings. The predicted octanol–water partition coefficient (Wildman–Crippen LogP) is 5.22. The van der Waals surface area contributed by atoms with E-state index in [9.17, 15) is 9.90 Å². The van der Waals surface area contributed by atoms with E-state index in [0.717, 1.165) is 35.7 Å². The Morgan fingerprint density at radius 2 is 1.67 bits per heavy atom. The molecule has 1 unspecified atom stereocenters. The molecule has 1 atom stereocenters. The van der Waals surface area contributed by atoms with E-state index in [2.05, 4.69) is 58.3 Å². The highest BCUT2D eigenvalue weighted by Crippen LogP contribution is 2.34. The number of carboxylic acid groups (broad SMARTS) is 1. The molecule has 1 heterocycles. The van der Waals surface area contributed by atoms with Crippen molar-refractivity contribution in [3.63, 3.8) is 0 Å². The van der Waals surface area contributed by atoms with E-state index in [4.69, 9.17) is 4.74 Å². The van der Waals surface area contributed by atoms with Crippen molar-refractivity contribution in [3.05, 3.63) is 95.6 Å². The van der Waals surface area contributed by atoms with Crippen molar-refractivity contribution in [2.45, 2.75) is 25.5 Å². The number of aliphatic carboxylic acids is 1. The molecule has 5 heteroatoms. The fourth-order valence-electron chi connectivity index (χ4n) is 4.49. The number of hydrogen-bond donors (Lipinski definition) is 1. The number of carboxylic acids is 1. The van der Waals surface area contributed by atoms with Crippen molar-refractivity contribution >= 4 is 11.7 Å². The summed E-state index contributed by atoms with van der Waals surface area (Å²) < 4.78 is 6.10. The summed E-state index contributed by atoms with van der Waals surface area (Å²) in [6.07, 6.45) is 1.34. The zero-order valence-corrected chi connectivity index (χ0v) is 19.4. The third-order valence-corrected chi connectivity index (χ3v) is 6.39. The Bertz CT molecular complexity index is 1040. The van der Waals surface area contributed by atoms with Crippen LogP contribution >= 0.6 is 0 Å². The first kappa shape index (κ1) is 22.9. The third-order valence-electron chi connectivity index (χ3n) is 6.39. The largest absolute Gasteiger partial charge is 0.489 e. The summed E-state index contributed by atoms with van der Waals surface area (Å²) in [5.74, 6) is -0.0944. The SMILES string of the molecule is CN(C)c1ccc(C(c2cccc(OCc3ccccc3)c2)N2CCC(C(=O)O)CC2)cc1. The zero-order chi connectivity index (χ0) is 23.2. The number of ether oxygens (including phenoxy) is 1. The van der Waals surface area contributed by atoms with E-state index >= 15 is 0 Å². The Morgan fingerprint density at radius 1 is 0.970 bits per heavy atom. The van der Waals surface area contributed by atoms with Crippen molar-refractivity contribution in [3.8, 4) is 5.75 Å². The van der Waals surface area contributed by atoms with E-state index in [1.807, 2.05) is 44.4 Å². The normalized spacial score (nSPS) is 15.7. The van der Waals surface area contributed by atoms with Gasteiger partial charge in [0.05, 0.1) is 12.0 Å². The molecule has 0 spiro atoms. The Labute approximate surface area is 196 Å². The molecule has 1 N–H and O–H groups in total. The first-order chi connectivity index (χ1) is 16.0. The summed E-state index contributed by atoms with van der Waals surface area (Å²) in [4.78, 5) is 16.0. The van der Waals surface area contributed by atoms with Crippen molar-refractivity contribution < 1.29 is 14.6 Å². The number of likely N-dealkylation sites (tertiary alicyclic amines) is 1. The van der Waals surface area contributed by atoms with E-state index < -0.39 is 5.97 Å². The molecule has 0 bridgehead atoms. The zero-order valence-electron chi connectivity index (χ0n) is 19.4. The number of anilines is 1. The maximum absolute atomic E-state index is 11.5. The van der Waals surface area contributed by atoms with Crippen LogP contribution in [-0.4, -0.2) is 43.2 Å². The Balaban J connectivity index is 1.59. The van der Waals surface area contributed by atoms with Crippen molar-refractivity contribution in [2.75, 3.05) is 32.1 Å². The molecule has 0 saturated carbocycles. The number of hydrogen-bond acceptors (Lipinski definition) is 4. The van der Waals surface area contributed by atoms with Gasteiger partial charge in [-0.1, -0.05) is 54.6 Å². The van der Waals surface area contributed by atoms with Crippen LogP contribution in [0, 0.1) is 5.92 Å². The molecule has 1 fully saturated rings. The second-order valence-corrected chi connectivity index (χ2v) is 8.88. The molecule has 4 rings (SSSR count). The minimum atomic E-state index is -0.683. The standard InChI is InChI=1S/C28H32N2O3/c1-29(2)25-13-11-22(12-14-25)27(30-17-15-23(16-18-30)28(31)32)24-9-6-10-26(19-24)33-20-21-7-4-3-5-8-21/h3-14,19,23,27H,15-18,20H2,1-2H3,(H,31,32). The Kier molecular flexibility index (Phi) is 7.30. The first-order valence-corrected chi connectivity index (χ1v) is 11.5. The third kappa shape index (κ3) is 5.74. The molecule has 3 aromatic rings. The van der Waals surface area contributed by atoms with Gasteiger partial charge in [0.15, 0.2) is 0 Å². The second-order valence-electron chi connectivity index (χ2n) is 8.88. The molecule has 3 aromatic carbocycles. The van der Waals surface area contributed by atoms with Crippen LogP contribution in [0.1, 0.15) is 35.6 Å². The lowest BCUT2D eigenvalue weighted by molar-refractivity contribution is -0.143. The van der Waals surface area contributed by atoms with Gasteiger partial charge in [-0.25, -0.2) is 0 Å². The van der Waals surface area contributed by atoms with Gasteiger partial charge in [0.25, 0.3) is 0 Å². The Morgan fingerprint density at radius 3 is 2.30 bits per heavy atom. The van der Waals surface area contributed by atoms with Gasteiger partial charge >= 0.3 is 5.97 Å². The molecule has 5 nitrogen and oxygen atoms in total. The van der Waals surface area contributed by atoms with Gasteiger partial charge < -0.3 is 14.7 Å². The topological polar surface area (TPSA) is 53.0 Å². The molecule has 33 heavy (non-hydrogen) atoms. The van der Waals surface area contributed by atoms with Gasteiger partial charge in [-0.3, -0.25) is 9.69 Å². The summed E-state index contributed by atoms with van der Waals surface area (Å²) in [5.41, 5.74) is 4.65. The number of rotatable bonds is 8. The van der Waals surface area contributed by atoms with Crippen LogP contribution in [0.2, 0.25) is 0 Å². The van der Waals surface area contributed by atoms with Crippen LogP contribution in [0.5, 0.6) is 5.75 Å². The van der Waals surface area contributed by atoms with Crippen molar-refractivity contribution in [1.29, 1.82) is 0 Å². The highest BCUT2D eigenvalue weighted by atomic mass is 16.5. The fraction of sp³-hybridized carbons (Fsp3) is 0.321. The van der Waals surface area contributed by atoms with Gasteiger partial charge in [0.2, 0.25) is 0 Å². The van der Waals surface area contributed by atoms with Crippen LogP contribution in [0.4, 0.5) is 5.69 Å². The van der Waals surface area contributed by atoms with Crippen LogP contribution in [0.25, 0.3) is 0 Å². The van der Waals surface area contributed by atoms with Gasteiger partial charge in [-0.15, -0.1) is 0 Å². The maximum Gasteiger partial charge on any atom is 0.306 e. The first-order valence-electron chi connectivity index (χ1n) is 11.5. The highest BCUT2D eigenvalue weighted by molar-refractivity contribution is 5.70. The van der Waals surface area contributed by atoms with E-state index in [-0.39, 0.29) is 12.0 Å². The molecule has 0 radical (unpaired) electrons. The number of nitrogens with zero attached hydrogens (tertiary/aromatic N) is 2. The molecule has 0 amide bonds. The minimum Gasteiger partial charge on any atom is -0.489 e. The number of piperidine rings is 1. The van der Waals surface area contributed by atoms with Crippen LogP contribution in [0.15, 0.2) is 78.9 Å². The van der Waals surface area contributed by atoms with Gasteiger partial charge in [0.1, 0.15) is 12.4 Å². The minimum absolute atomic E-state index is 0.0521. The average molecular weight is 445 g/mol. The van der Waals surface area contributed by atoms with E-state index in [0.29, 0.717) is 19.4 Å². The van der Waals surface area contributed by atoms with Gasteiger partial charge in [-0.2, -0.15) is 0 Å². The molecular weight excluding hydrogens is 412 g/mol. The van der Waals surface area contributed by atoms with Crippen LogP contribution in [0.3, 0.4) is 0 Å². The number of carbonyl (C=O) groups is 1. The van der Waals surface area contributed by atoms with Crippen molar-refractivity contribution in [2.24, 2.45) is 5.92 Å². The monoisotopic (exact) mass is 444 g/mol. The fourth-order valence-corrected chi connectivity index (χ4v) is 4.49. The van der Waals surface area contributed by atoms with E-state index in [1.165, 1.54) is 5.56 Å². The lowest BCUT2D eigenvalue weighted by Crippen LogP contribution is -2.39. The van der Waals surface area contributed by atoms with Crippen LogP contribution < -0.4 is 9.64 Å². The smallest absolute Gasteiger partial charge is 0.306 e. The molecule has 0 aromatic heterocycles. The van der Waals surface area contributed by atoms with Crippen LogP contribution in [-0.2, 0) is 11.4 Å². The summed E-state index contributed by atoms with van der Waals surface area (Å²) >= 11 is 0. The summed E-state index contributed by atoms with van der Waals surface area (Å²) in [6, 6.07) is 27.2. The molecule has 172 valence electrons. The maximum atomic E-state index is 11.5. The Hall–Kier alpha value is -3.31. The molecule has 1 saturated heterocycles. The summed E-state index contributed by atoms with van der Waals surface area (Å²) in [7, 11) is 4.08. The average Bonchev–Trinajstić information content (AvgIpc) is 2.84. The summed E-state index contributed by atoms with van der Waals surface area (Å²) in [5, 5.41) is 9.43. The molecule has 0 aliphatic carbocycles. The lowest BCUT2D eigenvalue weighted by Gasteiger charge is -2.37. The van der Waals surface area contributed by atoms with Gasteiger partial charge in [0, 0.05) is 19.8 Å². The quantitative estimate of drug-likeness (QED) is 0.516. The molecule has 1 aliphatic heterocycles. The van der Waals surface area contributed by atoms with Crippen molar-refractivity contribution in [1.82, 2.24) is 4.90 Å². The molecular formula is C28H32N2O3. The van der Waals surface area contributed by atoms with E-state index in [1.54, 1.807) is 0 Å². The lowest BCUT2D eigenvalue weighted by atomic mass is 9.91. The predicted molar refractivity (Wildman–Crippen MR) is 132 cm³/mol. The summed E-state index contributed by atoms with van der Waals surface area (Å²) in [6.45, 7) is 2.04. The highest BCUT2D eigenvalue weighted by Gasteiger charge is 2.30.